The highest BCUT2D eigenvalue weighted by Crippen LogP contribution is 2.30. The van der Waals surface area contributed by atoms with Crippen molar-refractivity contribution in [3.63, 3.8) is 0 Å². The molecule has 3 nitrogen and oxygen atoms in total. The summed E-state index contributed by atoms with van der Waals surface area (Å²) in [6, 6.07) is 4.77. The Bertz CT molecular complexity index is 587. The first kappa shape index (κ1) is 12.3. The van der Waals surface area contributed by atoms with E-state index >= 15 is 0 Å². The number of alkyl halides is 3. The van der Waals surface area contributed by atoms with Crippen molar-refractivity contribution in [3.05, 3.63) is 47.3 Å². The fourth-order valence-corrected chi connectivity index (χ4v) is 1.55. The van der Waals surface area contributed by atoms with E-state index in [-0.39, 0.29) is 5.69 Å². The van der Waals surface area contributed by atoms with Gasteiger partial charge in [-0.05, 0) is 25.1 Å². The number of hydrogen-bond donors (Lipinski definition) is 0. The van der Waals surface area contributed by atoms with Gasteiger partial charge in [-0.25, -0.2) is 4.68 Å². The van der Waals surface area contributed by atoms with Crippen LogP contribution in [0.1, 0.15) is 21.6 Å². The van der Waals surface area contributed by atoms with E-state index in [1.54, 1.807) is 6.92 Å². The number of halogens is 3. The molecule has 0 saturated carbocycles. The lowest BCUT2D eigenvalue weighted by atomic mass is 10.2. The number of rotatable bonds is 2. The molecule has 2 aromatic rings. The predicted molar refractivity (Wildman–Crippen MR) is 58.7 cm³/mol. The molecule has 1 aromatic heterocycles. The lowest BCUT2D eigenvalue weighted by molar-refractivity contribution is -0.137. The second-order valence-electron chi connectivity index (χ2n) is 3.78. The average molecular weight is 254 g/mol. The second kappa shape index (κ2) is 4.29. The summed E-state index contributed by atoms with van der Waals surface area (Å²) in [5.74, 6) is 0. The molecule has 0 atom stereocenters. The zero-order valence-electron chi connectivity index (χ0n) is 9.40. The Morgan fingerprint density at radius 3 is 2.61 bits per heavy atom. The van der Waals surface area contributed by atoms with E-state index < -0.39 is 11.7 Å². The molecule has 0 bridgehead atoms. The van der Waals surface area contributed by atoms with Crippen LogP contribution in [0.3, 0.4) is 0 Å². The molecule has 0 aliphatic rings. The van der Waals surface area contributed by atoms with Crippen LogP contribution in [-0.2, 0) is 6.18 Å². The number of benzene rings is 1. The Balaban J connectivity index is 2.47. The van der Waals surface area contributed by atoms with Crippen molar-refractivity contribution in [1.29, 1.82) is 0 Å². The maximum Gasteiger partial charge on any atom is 0.416 e. The van der Waals surface area contributed by atoms with Crippen LogP contribution in [0.5, 0.6) is 0 Å². The first-order valence-electron chi connectivity index (χ1n) is 5.11. The highest BCUT2D eigenvalue weighted by molar-refractivity contribution is 5.76. The fraction of sp³-hybridized carbons (Fsp3) is 0.167. The largest absolute Gasteiger partial charge is 0.416 e. The fourth-order valence-electron chi connectivity index (χ4n) is 1.55. The first-order chi connectivity index (χ1) is 8.41. The van der Waals surface area contributed by atoms with Crippen molar-refractivity contribution >= 4 is 6.29 Å². The number of carbonyl (C=O) groups is 1. The van der Waals surface area contributed by atoms with Gasteiger partial charge in [-0.1, -0.05) is 6.07 Å². The first-order valence-corrected chi connectivity index (χ1v) is 5.11. The molecule has 0 aliphatic carbocycles. The summed E-state index contributed by atoms with van der Waals surface area (Å²) in [6.45, 7) is 1.62. The predicted octanol–water partition coefficient (Wildman–Crippen LogP) is 3.01. The number of carbonyl (C=O) groups excluding carboxylic acids is 1. The minimum absolute atomic E-state index is 0.265. The van der Waals surface area contributed by atoms with E-state index in [1.165, 1.54) is 23.0 Å². The van der Waals surface area contributed by atoms with Crippen molar-refractivity contribution < 1.29 is 18.0 Å². The van der Waals surface area contributed by atoms with Crippen LogP contribution in [0.25, 0.3) is 5.69 Å². The highest BCUT2D eigenvalue weighted by Gasteiger charge is 2.30. The number of aryl methyl sites for hydroxylation is 1. The topological polar surface area (TPSA) is 34.9 Å². The minimum Gasteiger partial charge on any atom is -0.298 e. The smallest absolute Gasteiger partial charge is 0.298 e. The van der Waals surface area contributed by atoms with Crippen LogP contribution in [-0.4, -0.2) is 16.1 Å². The molecule has 6 heteroatoms. The van der Waals surface area contributed by atoms with E-state index in [2.05, 4.69) is 5.10 Å². The molecule has 0 fully saturated rings. The van der Waals surface area contributed by atoms with Gasteiger partial charge in [0.05, 0.1) is 22.5 Å². The van der Waals surface area contributed by atoms with E-state index in [0.29, 0.717) is 17.5 Å². The number of aromatic nitrogens is 2. The summed E-state index contributed by atoms with van der Waals surface area (Å²) >= 11 is 0. The van der Waals surface area contributed by atoms with Crippen molar-refractivity contribution in [2.75, 3.05) is 0 Å². The average Bonchev–Trinajstić information content (AvgIpc) is 2.70. The highest BCUT2D eigenvalue weighted by atomic mass is 19.4. The molecule has 0 amide bonds. The zero-order valence-corrected chi connectivity index (χ0v) is 9.40. The van der Waals surface area contributed by atoms with Crippen molar-refractivity contribution in [2.24, 2.45) is 0 Å². The SMILES string of the molecule is Cc1nn(-c2cccc(C(F)(F)F)c2)cc1C=O. The Kier molecular flexibility index (Phi) is 2.94. The van der Waals surface area contributed by atoms with Gasteiger partial charge in [0.2, 0.25) is 0 Å². The van der Waals surface area contributed by atoms with E-state index in [0.717, 1.165) is 12.1 Å². The molecule has 18 heavy (non-hydrogen) atoms. The van der Waals surface area contributed by atoms with Gasteiger partial charge in [0.1, 0.15) is 0 Å². The van der Waals surface area contributed by atoms with Crippen molar-refractivity contribution in [1.82, 2.24) is 9.78 Å². The molecule has 0 N–H and O–H groups in total. The third-order valence-corrected chi connectivity index (χ3v) is 2.50. The van der Waals surface area contributed by atoms with Crippen LogP contribution in [0.4, 0.5) is 13.2 Å². The van der Waals surface area contributed by atoms with E-state index in [4.69, 9.17) is 0 Å². The van der Waals surface area contributed by atoms with Gasteiger partial charge in [0.15, 0.2) is 6.29 Å². The lowest BCUT2D eigenvalue weighted by Gasteiger charge is -2.08. The molecule has 0 unspecified atom stereocenters. The molecule has 0 saturated heterocycles. The van der Waals surface area contributed by atoms with Crippen molar-refractivity contribution in [3.8, 4) is 5.69 Å². The maximum atomic E-state index is 12.5. The monoisotopic (exact) mass is 254 g/mol. The van der Waals surface area contributed by atoms with Gasteiger partial charge in [-0.2, -0.15) is 18.3 Å². The number of aldehydes is 1. The summed E-state index contributed by atoms with van der Waals surface area (Å²) in [7, 11) is 0. The van der Waals surface area contributed by atoms with E-state index in [1.807, 2.05) is 0 Å². The molecule has 1 aromatic carbocycles. The number of hydrogen-bond acceptors (Lipinski definition) is 2. The maximum absolute atomic E-state index is 12.5. The normalized spacial score (nSPS) is 11.6. The lowest BCUT2D eigenvalue weighted by Crippen LogP contribution is -2.06. The van der Waals surface area contributed by atoms with E-state index in [9.17, 15) is 18.0 Å². The Labute approximate surface area is 101 Å². The molecule has 2 rings (SSSR count). The molecular formula is C12H9F3N2O. The molecule has 0 aliphatic heterocycles. The quantitative estimate of drug-likeness (QED) is 0.772. The zero-order chi connectivity index (χ0) is 13.3. The van der Waals surface area contributed by atoms with Gasteiger partial charge in [-0.15, -0.1) is 0 Å². The van der Waals surface area contributed by atoms with Crippen LogP contribution in [0.2, 0.25) is 0 Å². The van der Waals surface area contributed by atoms with Gasteiger partial charge in [-0.3, -0.25) is 4.79 Å². The van der Waals surface area contributed by atoms with Crippen LogP contribution >= 0.6 is 0 Å². The van der Waals surface area contributed by atoms with Gasteiger partial charge < -0.3 is 0 Å². The summed E-state index contributed by atoms with van der Waals surface area (Å²) in [5.41, 5.74) is 0.344. The van der Waals surface area contributed by atoms with Crippen LogP contribution in [0, 0.1) is 6.92 Å². The molecule has 0 spiro atoms. The molecule has 1 heterocycles. The summed E-state index contributed by atoms with van der Waals surface area (Å²) in [4.78, 5) is 10.7. The summed E-state index contributed by atoms with van der Waals surface area (Å²) < 4.78 is 38.9. The summed E-state index contributed by atoms with van der Waals surface area (Å²) in [5, 5.41) is 3.99. The van der Waals surface area contributed by atoms with Gasteiger partial charge in [0, 0.05) is 6.20 Å². The summed E-state index contributed by atoms with van der Waals surface area (Å²) in [6.07, 6.45) is -2.38. The van der Waals surface area contributed by atoms with Gasteiger partial charge >= 0.3 is 6.18 Å². The van der Waals surface area contributed by atoms with Crippen LogP contribution in [0.15, 0.2) is 30.5 Å². The number of nitrogens with zero attached hydrogens (tertiary/aromatic N) is 2. The standard InChI is InChI=1S/C12H9F3N2O/c1-8-9(7-18)6-17(16-8)11-4-2-3-10(5-11)12(13,14)15/h2-7H,1H3. The third kappa shape index (κ3) is 2.27. The Hall–Kier alpha value is -2.11. The third-order valence-electron chi connectivity index (χ3n) is 2.50. The minimum atomic E-state index is -4.40. The van der Waals surface area contributed by atoms with Crippen LogP contribution < -0.4 is 0 Å². The van der Waals surface area contributed by atoms with Crippen molar-refractivity contribution in [2.45, 2.75) is 13.1 Å². The molecular weight excluding hydrogens is 245 g/mol. The second-order valence-corrected chi connectivity index (χ2v) is 3.78. The Morgan fingerprint density at radius 2 is 2.06 bits per heavy atom. The van der Waals surface area contributed by atoms with Gasteiger partial charge in [0.25, 0.3) is 0 Å². The Morgan fingerprint density at radius 1 is 1.33 bits per heavy atom. The molecule has 0 radical (unpaired) electrons. The molecule has 94 valence electrons.